The van der Waals surface area contributed by atoms with Crippen molar-refractivity contribution in [3.8, 4) is 0 Å². The van der Waals surface area contributed by atoms with Crippen LogP contribution in [0.3, 0.4) is 0 Å². The van der Waals surface area contributed by atoms with Crippen molar-refractivity contribution in [3.05, 3.63) is 35.9 Å². The predicted octanol–water partition coefficient (Wildman–Crippen LogP) is 4.16. The normalized spacial score (nSPS) is 12.9. The number of rotatable bonds is 8. The molecule has 0 radical (unpaired) electrons. The van der Waals surface area contributed by atoms with E-state index in [1.807, 2.05) is 0 Å². The van der Waals surface area contributed by atoms with Gasteiger partial charge in [-0.1, -0.05) is 50.6 Å². The van der Waals surface area contributed by atoms with Gasteiger partial charge in [0.15, 0.2) is 0 Å². The van der Waals surface area contributed by atoms with E-state index in [1.54, 1.807) is 0 Å². The Balaban J connectivity index is 2.48. The highest BCUT2D eigenvalue weighted by Gasteiger charge is 2.09. The zero-order chi connectivity index (χ0) is 12.5. The summed E-state index contributed by atoms with van der Waals surface area (Å²) in [5, 5.41) is 0. The number of benzene rings is 1. The lowest BCUT2D eigenvalue weighted by molar-refractivity contribution is 0.236. The maximum absolute atomic E-state index is 5.88. The molecule has 0 saturated heterocycles. The molecule has 0 aliphatic heterocycles. The Bertz CT molecular complexity index is 286. The molecule has 0 spiro atoms. The van der Waals surface area contributed by atoms with Crippen LogP contribution in [-0.2, 0) is 6.54 Å². The van der Waals surface area contributed by atoms with Crippen LogP contribution in [-0.4, -0.2) is 23.9 Å². The van der Waals surface area contributed by atoms with Gasteiger partial charge in [-0.25, -0.2) is 0 Å². The van der Waals surface area contributed by atoms with Crippen molar-refractivity contribution < 1.29 is 0 Å². The van der Waals surface area contributed by atoms with Gasteiger partial charge in [0.2, 0.25) is 0 Å². The van der Waals surface area contributed by atoms with E-state index in [-0.39, 0.29) is 0 Å². The van der Waals surface area contributed by atoms with Crippen LogP contribution in [0, 0.1) is 5.92 Å². The van der Waals surface area contributed by atoms with E-state index in [0.29, 0.717) is 5.88 Å². The third-order valence-corrected chi connectivity index (χ3v) is 3.17. The monoisotopic (exact) mass is 253 g/mol. The van der Waals surface area contributed by atoms with Gasteiger partial charge >= 0.3 is 0 Å². The highest BCUT2D eigenvalue weighted by atomic mass is 35.5. The van der Waals surface area contributed by atoms with E-state index < -0.39 is 0 Å². The first-order valence-corrected chi connectivity index (χ1v) is 7.12. The molecule has 0 aliphatic carbocycles. The Morgan fingerprint density at radius 2 is 1.94 bits per heavy atom. The molecule has 0 bridgehead atoms. The largest absolute Gasteiger partial charge is 0.298 e. The van der Waals surface area contributed by atoms with Crippen LogP contribution in [0.2, 0.25) is 0 Å². The van der Waals surface area contributed by atoms with Crippen molar-refractivity contribution in [2.75, 3.05) is 19.0 Å². The van der Waals surface area contributed by atoms with Crippen LogP contribution >= 0.6 is 11.6 Å². The molecule has 0 amide bonds. The summed E-state index contributed by atoms with van der Waals surface area (Å²) < 4.78 is 0. The van der Waals surface area contributed by atoms with Gasteiger partial charge in [-0.15, -0.1) is 11.6 Å². The van der Waals surface area contributed by atoms with Crippen molar-refractivity contribution in [3.63, 3.8) is 0 Å². The fraction of sp³-hybridized carbons (Fsp3) is 0.600. The van der Waals surface area contributed by atoms with Crippen molar-refractivity contribution in [1.29, 1.82) is 0 Å². The molecule has 1 rings (SSSR count). The maximum atomic E-state index is 5.88. The van der Waals surface area contributed by atoms with Crippen LogP contribution in [0.25, 0.3) is 0 Å². The lowest BCUT2D eigenvalue weighted by Gasteiger charge is -2.24. The van der Waals surface area contributed by atoms with Gasteiger partial charge in [0, 0.05) is 25.5 Å². The summed E-state index contributed by atoms with van der Waals surface area (Å²) in [7, 11) is 0. The second-order valence-corrected chi connectivity index (χ2v) is 5.18. The summed E-state index contributed by atoms with van der Waals surface area (Å²) >= 11 is 5.88. The summed E-state index contributed by atoms with van der Waals surface area (Å²) in [6.45, 7) is 7.72. The summed E-state index contributed by atoms with van der Waals surface area (Å²) in [6.07, 6.45) is 2.56. The Morgan fingerprint density at radius 3 is 2.53 bits per heavy atom. The molecule has 0 N–H and O–H groups in total. The van der Waals surface area contributed by atoms with Crippen LogP contribution in [0.4, 0.5) is 0 Å². The van der Waals surface area contributed by atoms with E-state index in [4.69, 9.17) is 11.6 Å². The number of hydrogen-bond acceptors (Lipinski definition) is 1. The smallest absolute Gasteiger partial charge is 0.0351 e. The Kier molecular flexibility index (Phi) is 7.30. The first-order chi connectivity index (χ1) is 8.26. The highest BCUT2D eigenvalue weighted by molar-refractivity contribution is 6.18. The SMILES string of the molecule is CCCC(C)CN(CCCl)Cc1ccccc1. The first-order valence-electron chi connectivity index (χ1n) is 6.58. The van der Waals surface area contributed by atoms with Crippen molar-refractivity contribution in [2.45, 2.75) is 33.2 Å². The third-order valence-electron chi connectivity index (χ3n) is 3.00. The summed E-state index contributed by atoms with van der Waals surface area (Å²) in [5.41, 5.74) is 1.38. The first kappa shape index (κ1) is 14.5. The summed E-state index contributed by atoms with van der Waals surface area (Å²) in [6, 6.07) is 10.6. The molecule has 0 aliphatic rings. The number of halogens is 1. The molecule has 17 heavy (non-hydrogen) atoms. The standard InChI is InChI=1S/C15H24ClN/c1-3-7-14(2)12-17(11-10-16)13-15-8-5-4-6-9-15/h4-6,8-9,14H,3,7,10-13H2,1-2H3. The molecule has 1 aromatic carbocycles. The van der Waals surface area contributed by atoms with Gasteiger partial charge in [0.05, 0.1) is 0 Å². The van der Waals surface area contributed by atoms with E-state index in [9.17, 15) is 0 Å². The molecule has 2 heteroatoms. The second kappa shape index (κ2) is 8.54. The number of hydrogen-bond donors (Lipinski definition) is 0. The third kappa shape index (κ3) is 6.09. The molecule has 1 aromatic rings. The highest BCUT2D eigenvalue weighted by Crippen LogP contribution is 2.11. The van der Waals surface area contributed by atoms with Gasteiger partial charge in [-0.3, -0.25) is 4.90 Å². The predicted molar refractivity (Wildman–Crippen MR) is 76.5 cm³/mol. The Morgan fingerprint density at radius 1 is 1.24 bits per heavy atom. The van der Waals surface area contributed by atoms with Crippen LogP contribution in [0.5, 0.6) is 0 Å². The number of nitrogens with zero attached hydrogens (tertiary/aromatic N) is 1. The molecule has 0 heterocycles. The molecular weight excluding hydrogens is 230 g/mol. The molecule has 0 fully saturated rings. The van der Waals surface area contributed by atoms with E-state index in [2.05, 4.69) is 49.1 Å². The second-order valence-electron chi connectivity index (χ2n) is 4.80. The minimum Gasteiger partial charge on any atom is -0.298 e. The molecule has 1 nitrogen and oxygen atoms in total. The lowest BCUT2D eigenvalue weighted by Crippen LogP contribution is -2.30. The Labute approximate surface area is 111 Å². The van der Waals surface area contributed by atoms with Crippen molar-refractivity contribution in [2.24, 2.45) is 5.92 Å². The van der Waals surface area contributed by atoms with Gasteiger partial charge in [0.1, 0.15) is 0 Å². The van der Waals surface area contributed by atoms with Gasteiger partial charge in [-0.05, 0) is 17.9 Å². The zero-order valence-electron chi connectivity index (χ0n) is 11.0. The Hall–Kier alpha value is -0.530. The van der Waals surface area contributed by atoms with E-state index in [0.717, 1.165) is 25.6 Å². The van der Waals surface area contributed by atoms with Crippen molar-refractivity contribution in [1.82, 2.24) is 4.90 Å². The molecule has 1 unspecified atom stereocenters. The van der Waals surface area contributed by atoms with Crippen molar-refractivity contribution >= 4 is 11.6 Å². The van der Waals surface area contributed by atoms with E-state index in [1.165, 1.54) is 18.4 Å². The molecular formula is C15H24ClN. The van der Waals surface area contributed by atoms with Crippen LogP contribution < -0.4 is 0 Å². The minimum absolute atomic E-state index is 0.714. The van der Waals surface area contributed by atoms with Crippen LogP contribution in [0.1, 0.15) is 32.3 Å². The average molecular weight is 254 g/mol. The topological polar surface area (TPSA) is 3.24 Å². The average Bonchev–Trinajstić information content (AvgIpc) is 2.31. The molecule has 0 saturated carbocycles. The number of alkyl halides is 1. The van der Waals surface area contributed by atoms with Crippen LogP contribution in [0.15, 0.2) is 30.3 Å². The summed E-state index contributed by atoms with van der Waals surface area (Å²) in [5.74, 6) is 1.47. The van der Waals surface area contributed by atoms with Gasteiger partial charge in [-0.2, -0.15) is 0 Å². The quantitative estimate of drug-likeness (QED) is 0.629. The van der Waals surface area contributed by atoms with Gasteiger partial charge < -0.3 is 0 Å². The van der Waals surface area contributed by atoms with E-state index >= 15 is 0 Å². The molecule has 96 valence electrons. The molecule has 1 atom stereocenters. The fourth-order valence-corrected chi connectivity index (χ4v) is 2.46. The zero-order valence-corrected chi connectivity index (χ0v) is 11.8. The lowest BCUT2D eigenvalue weighted by atomic mass is 10.1. The molecule has 0 aromatic heterocycles. The fourth-order valence-electron chi connectivity index (χ4n) is 2.22. The minimum atomic E-state index is 0.714. The maximum Gasteiger partial charge on any atom is 0.0351 e. The summed E-state index contributed by atoms with van der Waals surface area (Å²) in [4.78, 5) is 2.46. The van der Waals surface area contributed by atoms with Gasteiger partial charge in [0.25, 0.3) is 0 Å².